The number of anilines is 3. The number of hydrogen-bond acceptors (Lipinski definition) is 9. The number of aromatic amines is 1. The number of benzene rings is 3. The molecule has 12 nitrogen and oxygen atoms in total. The van der Waals surface area contributed by atoms with Crippen molar-refractivity contribution in [1.29, 1.82) is 5.26 Å². The summed E-state index contributed by atoms with van der Waals surface area (Å²) in [6.45, 7) is 10.5. The van der Waals surface area contributed by atoms with Crippen LogP contribution in [-0.2, 0) is 16.1 Å². The molecular formula is C45H51FN8O4. The SMILES string of the molecule is COc1cc(N2CCN(CC3CCN(c4ccc(C5CCN(c6ccc(C)c7c(C#N)c[nH]c67)CC5)c(F)c4)CC3)CC2)cc2c1C(=O)N(C1CCC(=O)NC1=O)C2. The third-order valence-electron chi connectivity index (χ3n) is 13.4. The Morgan fingerprint density at radius 3 is 2.31 bits per heavy atom. The number of carbonyl (C=O) groups excluding carboxylic acids is 3. The molecule has 0 radical (unpaired) electrons. The minimum atomic E-state index is -0.660. The first-order valence-electron chi connectivity index (χ1n) is 20.8. The van der Waals surface area contributed by atoms with Gasteiger partial charge in [0.05, 0.1) is 29.4 Å². The molecule has 1 atom stereocenters. The molecule has 0 aliphatic carbocycles. The summed E-state index contributed by atoms with van der Waals surface area (Å²) in [4.78, 5) is 52.2. The van der Waals surface area contributed by atoms with E-state index in [0.29, 0.717) is 35.8 Å². The highest BCUT2D eigenvalue weighted by atomic mass is 19.1. The Bertz CT molecular complexity index is 2300. The van der Waals surface area contributed by atoms with Crippen LogP contribution in [0.25, 0.3) is 10.9 Å². The summed E-state index contributed by atoms with van der Waals surface area (Å²) >= 11 is 0. The van der Waals surface area contributed by atoms with Gasteiger partial charge in [-0.2, -0.15) is 5.26 Å². The second-order valence-corrected chi connectivity index (χ2v) is 16.7. The zero-order valence-corrected chi connectivity index (χ0v) is 33.4. The van der Waals surface area contributed by atoms with Crippen LogP contribution in [0.1, 0.15) is 77.1 Å². The molecule has 0 bridgehead atoms. The number of hydrogen-bond donors (Lipinski definition) is 2. The van der Waals surface area contributed by atoms with Crippen LogP contribution in [0, 0.1) is 30.0 Å². The number of rotatable bonds is 8. The van der Waals surface area contributed by atoms with Gasteiger partial charge in [-0.3, -0.25) is 24.6 Å². The molecule has 3 aromatic carbocycles. The molecule has 4 aromatic rings. The van der Waals surface area contributed by atoms with Gasteiger partial charge in [-0.25, -0.2) is 4.39 Å². The first-order chi connectivity index (χ1) is 28.2. The summed E-state index contributed by atoms with van der Waals surface area (Å²) in [5, 5.41) is 12.9. The second-order valence-electron chi connectivity index (χ2n) is 16.7. The molecule has 9 rings (SSSR count). The van der Waals surface area contributed by atoms with Gasteiger partial charge in [0.1, 0.15) is 23.7 Å². The molecule has 4 saturated heterocycles. The molecule has 3 amide bonds. The number of methoxy groups -OCH3 is 1. The van der Waals surface area contributed by atoms with Crippen molar-refractivity contribution in [2.45, 2.75) is 64.0 Å². The Kier molecular flexibility index (Phi) is 10.2. The van der Waals surface area contributed by atoms with Crippen molar-refractivity contribution in [3.63, 3.8) is 0 Å². The first kappa shape index (κ1) is 37.9. The molecule has 0 spiro atoms. The average molecular weight is 787 g/mol. The van der Waals surface area contributed by atoms with E-state index < -0.39 is 11.9 Å². The number of nitriles is 1. The molecule has 58 heavy (non-hydrogen) atoms. The van der Waals surface area contributed by atoms with Crippen molar-refractivity contribution in [1.82, 2.24) is 20.1 Å². The lowest BCUT2D eigenvalue weighted by Crippen LogP contribution is -2.52. The maximum atomic E-state index is 15.8. The van der Waals surface area contributed by atoms with Crippen LogP contribution in [-0.4, -0.2) is 105 Å². The van der Waals surface area contributed by atoms with Gasteiger partial charge in [0.2, 0.25) is 11.8 Å². The Morgan fingerprint density at radius 1 is 0.862 bits per heavy atom. The van der Waals surface area contributed by atoms with Gasteiger partial charge in [-0.15, -0.1) is 0 Å². The minimum absolute atomic E-state index is 0.101. The van der Waals surface area contributed by atoms with Gasteiger partial charge < -0.3 is 29.3 Å². The summed E-state index contributed by atoms with van der Waals surface area (Å²) < 4.78 is 21.5. The van der Waals surface area contributed by atoms with Gasteiger partial charge in [-0.05, 0) is 91.8 Å². The lowest BCUT2D eigenvalue weighted by Gasteiger charge is -2.40. The van der Waals surface area contributed by atoms with E-state index in [2.05, 4.69) is 60.2 Å². The van der Waals surface area contributed by atoms with E-state index in [1.54, 1.807) is 24.3 Å². The predicted molar refractivity (Wildman–Crippen MR) is 221 cm³/mol. The van der Waals surface area contributed by atoms with Crippen molar-refractivity contribution in [3.05, 3.63) is 82.3 Å². The smallest absolute Gasteiger partial charge is 0.258 e. The molecule has 0 saturated carbocycles. The van der Waals surface area contributed by atoms with Gasteiger partial charge in [0, 0.05) is 101 Å². The fourth-order valence-corrected chi connectivity index (χ4v) is 10.2. The topological polar surface area (TPSA) is 128 Å². The normalized spacial score (nSPS) is 21.1. The number of nitrogens with one attached hydrogen (secondary N) is 2. The van der Waals surface area contributed by atoms with Crippen LogP contribution in [0.15, 0.2) is 48.7 Å². The fourth-order valence-electron chi connectivity index (χ4n) is 10.2. The number of carbonyl (C=O) groups is 3. The Hall–Kier alpha value is -5.61. The number of piperidine rings is 3. The van der Waals surface area contributed by atoms with Gasteiger partial charge in [0.15, 0.2) is 0 Å². The number of ether oxygens (including phenoxy) is 1. The lowest BCUT2D eigenvalue weighted by atomic mass is 9.88. The van der Waals surface area contributed by atoms with Gasteiger partial charge in [-0.1, -0.05) is 12.1 Å². The van der Waals surface area contributed by atoms with E-state index in [4.69, 9.17) is 4.74 Å². The van der Waals surface area contributed by atoms with E-state index in [-0.39, 0.29) is 30.0 Å². The summed E-state index contributed by atoms with van der Waals surface area (Å²) in [5.41, 5.74) is 8.04. The van der Waals surface area contributed by atoms with Crippen molar-refractivity contribution in [2.75, 3.05) is 80.7 Å². The maximum absolute atomic E-state index is 15.8. The van der Waals surface area contributed by atoms with E-state index in [1.165, 1.54) is 0 Å². The first-order valence-corrected chi connectivity index (χ1v) is 20.8. The molecule has 2 N–H and O–H groups in total. The minimum Gasteiger partial charge on any atom is -0.496 e. The highest BCUT2D eigenvalue weighted by molar-refractivity contribution is 6.07. The van der Waals surface area contributed by atoms with E-state index in [1.807, 2.05) is 19.1 Å². The largest absolute Gasteiger partial charge is 0.496 e. The van der Waals surface area contributed by atoms with E-state index >= 15 is 4.39 Å². The average Bonchev–Trinajstić information content (AvgIpc) is 3.83. The number of aromatic nitrogens is 1. The number of imide groups is 1. The van der Waals surface area contributed by atoms with Crippen LogP contribution >= 0.6 is 0 Å². The monoisotopic (exact) mass is 786 g/mol. The number of halogens is 1. The van der Waals surface area contributed by atoms with E-state index in [0.717, 1.165) is 129 Å². The zero-order valence-electron chi connectivity index (χ0n) is 33.4. The lowest BCUT2D eigenvalue weighted by molar-refractivity contribution is -0.136. The number of piperazine rings is 1. The molecule has 5 aliphatic heterocycles. The standard InChI is InChI=1S/C45H51FN8O4/c1-28-3-6-37(43-41(28)32(24-47)25-48-43)53-15-11-30(12-16-53)35-5-4-33(22-36(35)46)51-13-9-29(10-14-51)26-50-17-19-52(20-18-50)34-21-31-27-54(38-7-8-40(55)49-44(38)56)45(57)42(31)39(23-34)58-2/h3-6,21-23,25,29-30,38,48H,7-20,26-27H2,1-2H3,(H,49,55,56). The highest BCUT2D eigenvalue weighted by Gasteiger charge is 2.41. The quantitative estimate of drug-likeness (QED) is 0.217. The summed E-state index contributed by atoms with van der Waals surface area (Å²) in [5.74, 6) is 0.247. The Morgan fingerprint density at radius 2 is 1.60 bits per heavy atom. The number of nitrogens with zero attached hydrogens (tertiary/aromatic N) is 6. The summed E-state index contributed by atoms with van der Waals surface area (Å²) in [6, 6.07) is 15.8. The van der Waals surface area contributed by atoms with Crippen molar-refractivity contribution in [2.24, 2.45) is 5.92 Å². The number of aryl methyl sites for hydroxylation is 1. The Labute approximate surface area is 338 Å². The Balaban J connectivity index is 0.753. The number of fused-ring (bicyclic) bond motifs is 2. The van der Waals surface area contributed by atoms with Crippen LogP contribution in [0.2, 0.25) is 0 Å². The van der Waals surface area contributed by atoms with Gasteiger partial charge >= 0.3 is 0 Å². The van der Waals surface area contributed by atoms with Crippen molar-refractivity contribution < 1.29 is 23.5 Å². The third-order valence-corrected chi connectivity index (χ3v) is 13.4. The van der Waals surface area contributed by atoms with E-state index in [9.17, 15) is 19.6 Å². The van der Waals surface area contributed by atoms with Crippen molar-refractivity contribution >= 4 is 45.7 Å². The number of amides is 3. The summed E-state index contributed by atoms with van der Waals surface area (Å²) in [6.07, 6.45) is 6.25. The molecule has 13 heteroatoms. The molecule has 6 heterocycles. The fraction of sp³-hybridized carbons (Fsp3) is 0.467. The zero-order chi connectivity index (χ0) is 40.1. The van der Waals surface area contributed by atoms with Crippen LogP contribution < -0.4 is 24.8 Å². The maximum Gasteiger partial charge on any atom is 0.258 e. The predicted octanol–water partition coefficient (Wildman–Crippen LogP) is 5.68. The third kappa shape index (κ3) is 7.01. The van der Waals surface area contributed by atoms with Crippen LogP contribution in [0.4, 0.5) is 21.5 Å². The van der Waals surface area contributed by atoms with Crippen molar-refractivity contribution in [3.8, 4) is 11.8 Å². The molecule has 1 unspecified atom stereocenters. The molecule has 1 aromatic heterocycles. The second kappa shape index (κ2) is 15.6. The molecule has 4 fully saturated rings. The number of H-pyrrole nitrogens is 1. The molecule has 5 aliphatic rings. The van der Waals surface area contributed by atoms with Crippen LogP contribution in [0.3, 0.4) is 0 Å². The van der Waals surface area contributed by atoms with Gasteiger partial charge in [0.25, 0.3) is 5.91 Å². The summed E-state index contributed by atoms with van der Waals surface area (Å²) in [7, 11) is 1.57. The molecular weight excluding hydrogens is 736 g/mol. The molecule has 302 valence electrons. The van der Waals surface area contributed by atoms with Crippen LogP contribution in [0.5, 0.6) is 5.75 Å². The highest BCUT2D eigenvalue weighted by Crippen LogP contribution is 2.39.